The van der Waals surface area contributed by atoms with Gasteiger partial charge in [0.15, 0.2) is 5.82 Å². The minimum absolute atomic E-state index is 0.0240. The lowest BCUT2D eigenvalue weighted by Gasteiger charge is -2.40. The molecule has 1 amide bonds. The summed E-state index contributed by atoms with van der Waals surface area (Å²) < 4.78 is 27.3. The van der Waals surface area contributed by atoms with Gasteiger partial charge in [-0.25, -0.2) is 14.4 Å². The Labute approximate surface area is 218 Å². The Kier molecular flexibility index (Phi) is 7.34. The van der Waals surface area contributed by atoms with Crippen LogP contribution in [0.15, 0.2) is 42.7 Å². The van der Waals surface area contributed by atoms with Crippen LogP contribution < -0.4 is 5.32 Å². The number of aliphatic carboxylic acids is 1. The number of carbonyl (C=O) groups is 2. The summed E-state index contributed by atoms with van der Waals surface area (Å²) in [7, 11) is 0. The number of amides is 1. The molecule has 38 heavy (non-hydrogen) atoms. The number of piperidine rings is 1. The molecule has 3 aromatic rings. The van der Waals surface area contributed by atoms with Gasteiger partial charge in [0.2, 0.25) is 18.1 Å². The number of ether oxygens (including phenoxy) is 2. The van der Waals surface area contributed by atoms with Crippen LogP contribution in [-0.2, 0) is 19.1 Å². The number of carbonyl (C=O) groups excluding carboxylic acids is 1. The maximum absolute atomic E-state index is 13.5. The Balaban J connectivity index is 1.43. The largest absolute Gasteiger partial charge is 0.480 e. The van der Waals surface area contributed by atoms with Crippen molar-refractivity contribution in [3.63, 3.8) is 0 Å². The highest BCUT2D eigenvalue weighted by Crippen LogP contribution is 2.35. The summed E-state index contributed by atoms with van der Waals surface area (Å²) in [4.78, 5) is 39.3. The van der Waals surface area contributed by atoms with Crippen LogP contribution in [-0.4, -0.2) is 74.2 Å². The summed E-state index contributed by atoms with van der Waals surface area (Å²) in [5.74, 6) is -0.496. The topological polar surface area (TPSA) is 132 Å². The zero-order valence-corrected chi connectivity index (χ0v) is 21.0. The maximum Gasteiger partial charge on any atom is 0.322 e. The lowest BCUT2D eigenvalue weighted by Crippen LogP contribution is -2.51. The zero-order chi connectivity index (χ0) is 26.7. The van der Waals surface area contributed by atoms with Crippen molar-refractivity contribution in [2.45, 2.75) is 32.5 Å². The summed E-state index contributed by atoms with van der Waals surface area (Å²) in [6.45, 7) is 3.30. The van der Waals surface area contributed by atoms with Crippen molar-refractivity contribution < 1.29 is 28.6 Å². The summed E-state index contributed by atoms with van der Waals surface area (Å²) in [5, 5.41) is 11.6. The number of hydrogen-bond acceptors (Lipinski definition) is 8. The quantitative estimate of drug-likeness (QED) is 0.479. The van der Waals surface area contributed by atoms with Crippen molar-refractivity contribution in [2.75, 3.05) is 38.2 Å². The van der Waals surface area contributed by atoms with E-state index in [1.54, 1.807) is 29.0 Å². The van der Waals surface area contributed by atoms with E-state index >= 15 is 0 Å². The number of likely N-dealkylation sites (tertiary alicyclic amines) is 1. The van der Waals surface area contributed by atoms with Gasteiger partial charge in [-0.1, -0.05) is 0 Å². The van der Waals surface area contributed by atoms with Crippen LogP contribution in [0.1, 0.15) is 38.3 Å². The number of anilines is 1. The van der Waals surface area contributed by atoms with Crippen molar-refractivity contribution in [2.24, 2.45) is 5.41 Å². The number of halogens is 1. The summed E-state index contributed by atoms with van der Waals surface area (Å²) in [6, 6.07) is 7.55. The zero-order valence-electron chi connectivity index (χ0n) is 21.0. The smallest absolute Gasteiger partial charge is 0.322 e. The van der Waals surface area contributed by atoms with E-state index in [0.29, 0.717) is 22.9 Å². The highest BCUT2D eigenvalue weighted by Gasteiger charge is 2.43. The van der Waals surface area contributed by atoms with E-state index in [4.69, 9.17) is 19.6 Å². The van der Waals surface area contributed by atoms with E-state index < -0.39 is 17.7 Å². The van der Waals surface area contributed by atoms with Crippen LogP contribution in [0, 0.1) is 11.2 Å². The third kappa shape index (κ3) is 5.50. The molecule has 0 saturated carbocycles. The molecule has 2 N–H and O–H groups in total. The van der Waals surface area contributed by atoms with Crippen molar-refractivity contribution in [1.82, 2.24) is 24.4 Å². The van der Waals surface area contributed by atoms with Gasteiger partial charge >= 0.3 is 5.97 Å². The fourth-order valence-corrected chi connectivity index (χ4v) is 4.59. The van der Waals surface area contributed by atoms with Crippen LogP contribution in [0.25, 0.3) is 17.1 Å². The second kappa shape index (κ2) is 10.8. The monoisotopic (exact) mass is 524 g/mol. The first-order valence-electron chi connectivity index (χ1n) is 12.5. The number of hydrogen-bond donors (Lipinski definition) is 2. The molecule has 2 fully saturated rings. The molecule has 4 heterocycles. The van der Waals surface area contributed by atoms with E-state index in [-0.39, 0.29) is 37.4 Å². The minimum atomic E-state index is -1.05. The number of benzene rings is 1. The molecule has 12 heteroatoms. The van der Waals surface area contributed by atoms with E-state index in [9.17, 15) is 14.0 Å². The fourth-order valence-electron chi connectivity index (χ4n) is 4.59. The Hall–Kier alpha value is -3.90. The van der Waals surface area contributed by atoms with Gasteiger partial charge in [-0.3, -0.25) is 14.2 Å². The first-order chi connectivity index (χ1) is 18.3. The van der Waals surface area contributed by atoms with Gasteiger partial charge < -0.3 is 24.8 Å². The Morgan fingerprint density at radius 2 is 1.82 bits per heavy atom. The van der Waals surface area contributed by atoms with Crippen molar-refractivity contribution in [3.8, 4) is 17.1 Å². The second-order valence-corrected chi connectivity index (χ2v) is 9.71. The summed E-state index contributed by atoms with van der Waals surface area (Å²) >= 11 is 0. The Bertz CT molecular complexity index is 1300. The van der Waals surface area contributed by atoms with E-state index in [1.807, 2.05) is 11.8 Å². The number of imidazole rings is 1. The van der Waals surface area contributed by atoms with Crippen LogP contribution in [0.3, 0.4) is 0 Å². The molecule has 11 nitrogen and oxygen atoms in total. The average Bonchev–Trinajstić information content (AvgIpc) is 3.38. The third-order valence-corrected chi connectivity index (χ3v) is 6.64. The number of nitrogens with zero attached hydrogens (tertiary/aromatic N) is 5. The van der Waals surface area contributed by atoms with Gasteiger partial charge in [0, 0.05) is 31.0 Å². The number of aromatic nitrogens is 4. The first kappa shape index (κ1) is 25.7. The second-order valence-electron chi connectivity index (χ2n) is 9.71. The molecule has 0 radical (unpaired) electrons. The van der Waals surface area contributed by atoms with E-state index in [0.717, 1.165) is 32.4 Å². The number of nitrogens with one attached hydrogen (secondary N) is 1. The molecule has 200 valence electrons. The number of rotatable bonds is 7. The van der Waals surface area contributed by atoms with Crippen molar-refractivity contribution in [1.29, 1.82) is 0 Å². The molecule has 0 unspecified atom stereocenters. The number of carboxylic acids is 1. The third-order valence-electron chi connectivity index (χ3n) is 6.64. The molecule has 5 rings (SSSR count). The molecule has 0 spiro atoms. The highest BCUT2D eigenvalue weighted by atomic mass is 19.1. The van der Waals surface area contributed by atoms with Gasteiger partial charge in [-0.15, -0.1) is 0 Å². The number of carboxylic acid groups (broad SMARTS) is 1. The lowest BCUT2D eigenvalue weighted by molar-refractivity contribution is -0.235. The average molecular weight is 525 g/mol. The first-order valence-corrected chi connectivity index (χ1v) is 12.5. The predicted octanol–water partition coefficient (Wildman–Crippen LogP) is 3.03. The van der Waals surface area contributed by atoms with Gasteiger partial charge in [0.25, 0.3) is 0 Å². The van der Waals surface area contributed by atoms with Crippen molar-refractivity contribution in [3.05, 3.63) is 54.4 Å². The van der Waals surface area contributed by atoms with Crippen LogP contribution in [0.5, 0.6) is 0 Å². The molecule has 0 atom stereocenters. The van der Waals surface area contributed by atoms with Crippen molar-refractivity contribution >= 4 is 17.8 Å². The maximum atomic E-state index is 13.5. The summed E-state index contributed by atoms with van der Waals surface area (Å²) in [5.41, 5.74) is 0.391. The van der Waals surface area contributed by atoms with Gasteiger partial charge in [-0.2, -0.15) is 4.98 Å². The molecule has 2 saturated heterocycles. The molecule has 2 aliphatic rings. The van der Waals surface area contributed by atoms with Crippen LogP contribution in [0.2, 0.25) is 0 Å². The van der Waals surface area contributed by atoms with E-state index in [1.165, 1.54) is 18.3 Å². The Morgan fingerprint density at radius 1 is 1.11 bits per heavy atom. The predicted molar refractivity (Wildman–Crippen MR) is 134 cm³/mol. The van der Waals surface area contributed by atoms with Gasteiger partial charge in [-0.05, 0) is 56.5 Å². The minimum Gasteiger partial charge on any atom is -0.480 e. The highest BCUT2D eigenvalue weighted by molar-refractivity contribution is 5.83. The molecule has 0 bridgehead atoms. The summed E-state index contributed by atoms with van der Waals surface area (Å²) in [6.07, 6.45) is 5.44. The fraction of sp³-hybridized carbons (Fsp3) is 0.423. The van der Waals surface area contributed by atoms with Gasteiger partial charge in [0.1, 0.15) is 18.2 Å². The standard InChI is InChI=1S/C26H29FN6O5/c1-26(24(36)32-11-3-2-4-12-32)15-37-23(38-16-26)22-30-19(17-5-7-18(27)8-6-17)14-33(22)20-9-10-28-25(31-20)29-13-21(34)35/h5-10,14,23H,2-4,11-13,15-16H2,1H3,(H,34,35)(H,28,29,31). The SMILES string of the molecule is CC1(C(=O)N2CCCCC2)COC(c2nc(-c3ccc(F)cc3)cn2-c2ccnc(NCC(=O)O)n2)OC1. The molecular weight excluding hydrogens is 495 g/mol. The molecule has 2 aliphatic heterocycles. The molecular formula is C26H29FN6O5. The van der Waals surface area contributed by atoms with Crippen LogP contribution in [0.4, 0.5) is 10.3 Å². The molecule has 1 aromatic carbocycles. The van der Waals surface area contributed by atoms with E-state index in [2.05, 4.69) is 15.3 Å². The molecule has 2 aromatic heterocycles. The lowest BCUT2D eigenvalue weighted by atomic mass is 9.89. The van der Waals surface area contributed by atoms with Crippen LogP contribution >= 0.6 is 0 Å². The molecule has 0 aliphatic carbocycles. The van der Waals surface area contributed by atoms with Gasteiger partial charge in [0.05, 0.1) is 24.3 Å². The normalized spacial score (nSPS) is 21.7. The Morgan fingerprint density at radius 3 is 2.50 bits per heavy atom.